The highest BCUT2D eigenvalue weighted by atomic mass is 32.2. The van der Waals surface area contributed by atoms with Gasteiger partial charge >= 0.3 is 0 Å². The number of carbonyl (C=O) groups excluding carboxylic acids is 1. The minimum atomic E-state index is -0.487. The number of anilines is 1. The topological polar surface area (TPSA) is 73.2 Å². The number of amides is 1. The van der Waals surface area contributed by atoms with Crippen LogP contribution in [0.3, 0.4) is 0 Å². The molecule has 0 bridgehead atoms. The van der Waals surface area contributed by atoms with E-state index in [0.717, 1.165) is 54.6 Å². The van der Waals surface area contributed by atoms with E-state index in [2.05, 4.69) is 23.5 Å². The monoisotopic (exact) mass is 537 g/mol. The number of hydrogen-bond donors (Lipinski definition) is 1. The van der Waals surface area contributed by atoms with Crippen molar-refractivity contribution in [2.75, 3.05) is 12.4 Å². The van der Waals surface area contributed by atoms with E-state index in [9.17, 15) is 9.59 Å². The van der Waals surface area contributed by atoms with Crippen LogP contribution in [0.4, 0.5) is 5.69 Å². The van der Waals surface area contributed by atoms with E-state index in [-0.39, 0.29) is 16.9 Å². The Morgan fingerprint density at radius 2 is 1.69 bits per heavy atom. The van der Waals surface area contributed by atoms with Crippen molar-refractivity contribution in [3.05, 3.63) is 100 Å². The van der Waals surface area contributed by atoms with Gasteiger partial charge in [0.05, 0.1) is 29.3 Å². The predicted molar refractivity (Wildman–Crippen MR) is 156 cm³/mol. The van der Waals surface area contributed by atoms with Crippen LogP contribution in [0.1, 0.15) is 43.7 Å². The normalized spacial score (nSPS) is 15.8. The minimum absolute atomic E-state index is 0.0419. The molecule has 1 heterocycles. The smallest absolute Gasteiger partial charge is 0.263 e. The van der Waals surface area contributed by atoms with Crippen molar-refractivity contribution >= 4 is 23.4 Å². The standard InChI is InChI=1S/C32H31N3O3S/c1-21(29(36)33-23-11-4-3-5-12-23)39-31-34-28-26-13-7-6-10-22(26)20-32(18-8-9-19-32)27(28)30(37)35(31)24-14-16-25(38-2)17-15-24/h3-7,10-17,21H,8-9,18-20H2,1-2H3,(H,33,36)/t21-/m1/s1. The first-order chi connectivity index (χ1) is 19.0. The fourth-order valence-electron chi connectivity index (χ4n) is 6.03. The summed E-state index contributed by atoms with van der Waals surface area (Å²) >= 11 is 1.30. The SMILES string of the molecule is COc1ccc(-n2c(S[C@H](C)C(=O)Nc3ccccc3)nc3c(c2=O)C2(CCCC2)Cc2ccccc2-3)cc1. The van der Waals surface area contributed by atoms with Crippen LogP contribution in [-0.4, -0.2) is 27.8 Å². The lowest BCUT2D eigenvalue weighted by molar-refractivity contribution is -0.115. The quantitative estimate of drug-likeness (QED) is 0.228. The van der Waals surface area contributed by atoms with Crippen LogP contribution in [-0.2, 0) is 16.6 Å². The van der Waals surface area contributed by atoms with Gasteiger partial charge in [-0.15, -0.1) is 0 Å². The van der Waals surface area contributed by atoms with Crippen LogP contribution in [0.25, 0.3) is 16.9 Å². The van der Waals surface area contributed by atoms with Gasteiger partial charge in [-0.2, -0.15) is 0 Å². The third-order valence-electron chi connectivity index (χ3n) is 7.97. The Balaban J connectivity index is 1.50. The molecular formula is C32H31N3O3S. The van der Waals surface area contributed by atoms with E-state index in [1.165, 1.54) is 17.3 Å². The van der Waals surface area contributed by atoms with Gasteiger partial charge in [0.1, 0.15) is 5.75 Å². The maximum atomic E-state index is 14.6. The number of nitrogens with zero attached hydrogens (tertiary/aromatic N) is 2. The highest BCUT2D eigenvalue weighted by Gasteiger charge is 2.44. The van der Waals surface area contributed by atoms with Crippen molar-refractivity contribution in [2.24, 2.45) is 0 Å². The zero-order valence-corrected chi connectivity index (χ0v) is 23.0. The summed E-state index contributed by atoms with van der Waals surface area (Å²) in [6.07, 6.45) is 5.04. The van der Waals surface area contributed by atoms with Crippen molar-refractivity contribution < 1.29 is 9.53 Å². The Morgan fingerprint density at radius 3 is 2.41 bits per heavy atom. The molecule has 6 rings (SSSR count). The molecule has 6 nitrogen and oxygen atoms in total. The molecule has 2 aliphatic carbocycles. The molecule has 0 saturated heterocycles. The van der Waals surface area contributed by atoms with Crippen molar-refractivity contribution in [3.63, 3.8) is 0 Å². The molecule has 2 aliphatic rings. The third-order valence-corrected chi connectivity index (χ3v) is 9.02. The fourth-order valence-corrected chi connectivity index (χ4v) is 6.95. The van der Waals surface area contributed by atoms with E-state index in [4.69, 9.17) is 9.72 Å². The molecule has 1 fully saturated rings. The van der Waals surface area contributed by atoms with Crippen molar-refractivity contribution in [3.8, 4) is 22.7 Å². The second-order valence-electron chi connectivity index (χ2n) is 10.4. The van der Waals surface area contributed by atoms with Gasteiger partial charge in [0, 0.05) is 16.7 Å². The van der Waals surface area contributed by atoms with Crippen LogP contribution in [0.5, 0.6) is 5.75 Å². The average molecular weight is 538 g/mol. The molecule has 1 spiro atoms. The van der Waals surface area contributed by atoms with Gasteiger partial charge in [0.25, 0.3) is 5.56 Å². The average Bonchev–Trinajstić information content (AvgIpc) is 3.42. The summed E-state index contributed by atoms with van der Waals surface area (Å²) in [5.74, 6) is 0.566. The Kier molecular flexibility index (Phi) is 6.77. The summed E-state index contributed by atoms with van der Waals surface area (Å²) in [6.45, 7) is 1.85. The Bertz CT molecular complexity index is 1580. The molecule has 198 valence electrons. The van der Waals surface area contributed by atoms with Gasteiger partial charge < -0.3 is 10.1 Å². The molecule has 1 atom stereocenters. The molecule has 0 aliphatic heterocycles. The Labute approximate surface area is 232 Å². The van der Waals surface area contributed by atoms with Crippen molar-refractivity contribution in [2.45, 2.75) is 54.8 Å². The first-order valence-corrected chi connectivity index (χ1v) is 14.3. The molecule has 0 unspecified atom stereocenters. The van der Waals surface area contributed by atoms with E-state index in [1.54, 1.807) is 11.7 Å². The molecule has 1 aromatic heterocycles. The molecule has 39 heavy (non-hydrogen) atoms. The molecule has 0 radical (unpaired) electrons. The number of carbonyl (C=O) groups is 1. The maximum Gasteiger partial charge on any atom is 0.263 e. The van der Waals surface area contributed by atoms with E-state index < -0.39 is 5.25 Å². The number of rotatable bonds is 6. The van der Waals surface area contributed by atoms with Crippen LogP contribution in [0, 0.1) is 0 Å². The molecule has 1 amide bonds. The predicted octanol–water partition coefficient (Wildman–Crippen LogP) is 6.40. The van der Waals surface area contributed by atoms with Gasteiger partial charge in [-0.1, -0.05) is 67.1 Å². The second-order valence-corrected chi connectivity index (χ2v) is 11.7. The molecule has 1 N–H and O–H groups in total. The summed E-state index contributed by atoms with van der Waals surface area (Å²) in [4.78, 5) is 32.9. The molecule has 1 saturated carbocycles. The summed E-state index contributed by atoms with van der Waals surface area (Å²) in [7, 11) is 1.62. The lowest BCUT2D eigenvalue weighted by Gasteiger charge is -2.36. The molecular weight excluding hydrogens is 506 g/mol. The highest BCUT2D eigenvalue weighted by Crippen LogP contribution is 2.50. The van der Waals surface area contributed by atoms with Crippen molar-refractivity contribution in [1.82, 2.24) is 9.55 Å². The number of methoxy groups -OCH3 is 1. The second kappa shape index (κ2) is 10.4. The van der Waals surface area contributed by atoms with Gasteiger partial charge in [-0.25, -0.2) is 4.98 Å². The summed E-state index contributed by atoms with van der Waals surface area (Å²) in [6, 6.07) is 25.2. The van der Waals surface area contributed by atoms with Gasteiger partial charge in [0.2, 0.25) is 5.91 Å². The third kappa shape index (κ3) is 4.65. The zero-order chi connectivity index (χ0) is 27.0. The fraction of sp³-hybridized carbons (Fsp3) is 0.281. The van der Waals surface area contributed by atoms with Crippen LogP contribution in [0.15, 0.2) is 88.8 Å². The van der Waals surface area contributed by atoms with Crippen LogP contribution < -0.4 is 15.6 Å². The minimum Gasteiger partial charge on any atom is -0.497 e. The largest absolute Gasteiger partial charge is 0.497 e. The van der Waals surface area contributed by atoms with E-state index in [0.29, 0.717) is 16.6 Å². The number of benzene rings is 3. The number of hydrogen-bond acceptors (Lipinski definition) is 5. The van der Waals surface area contributed by atoms with Crippen LogP contribution in [0.2, 0.25) is 0 Å². The first kappa shape index (κ1) is 25.4. The Morgan fingerprint density at radius 1 is 1.00 bits per heavy atom. The number of para-hydroxylation sites is 1. The lowest BCUT2D eigenvalue weighted by Crippen LogP contribution is -2.40. The Hall–Kier alpha value is -3.84. The van der Waals surface area contributed by atoms with Gasteiger partial charge in [0.15, 0.2) is 5.16 Å². The molecule has 3 aromatic carbocycles. The first-order valence-electron chi connectivity index (χ1n) is 13.4. The van der Waals surface area contributed by atoms with Crippen molar-refractivity contribution in [1.29, 1.82) is 0 Å². The number of aromatic nitrogens is 2. The highest BCUT2D eigenvalue weighted by molar-refractivity contribution is 8.00. The zero-order valence-electron chi connectivity index (χ0n) is 22.1. The summed E-state index contributed by atoms with van der Waals surface area (Å²) < 4.78 is 7.06. The number of nitrogens with one attached hydrogen (secondary N) is 1. The number of ether oxygens (including phenoxy) is 1. The number of fused-ring (bicyclic) bond motifs is 4. The van der Waals surface area contributed by atoms with Crippen LogP contribution >= 0.6 is 11.8 Å². The van der Waals surface area contributed by atoms with E-state index >= 15 is 0 Å². The van der Waals surface area contributed by atoms with E-state index in [1.807, 2.05) is 67.6 Å². The molecule has 4 aromatic rings. The lowest BCUT2D eigenvalue weighted by atomic mass is 9.68. The van der Waals surface area contributed by atoms with Gasteiger partial charge in [-0.3, -0.25) is 14.2 Å². The molecule has 7 heteroatoms. The summed E-state index contributed by atoms with van der Waals surface area (Å²) in [5, 5.41) is 2.99. The summed E-state index contributed by atoms with van der Waals surface area (Å²) in [5.41, 5.74) is 5.05. The van der Waals surface area contributed by atoms with Gasteiger partial charge in [-0.05, 0) is 68.1 Å². The maximum absolute atomic E-state index is 14.6. The number of thioether (sulfide) groups is 1.